The number of hydrogen-bond acceptors (Lipinski definition) is 3. The molecule has 4 nitrogen and oxygen atoms in total. The van der Waals surface area contributed by atoms with E-state index in [1.807, 2.05) is 0 Å². The topological polar surface area (TPSA) is 67.2 Å². The summed E-state index contributed by atoms with van der Waals surface area (Å²) in [5, 5.41) is 5.60. The molecule has 0 heterocycles. The summed E-state index contributed by atoms with van der Waals surface area (Å²) in [7, 11) is 1.58. The van der Waals surface area contributed by atoms with Gasteiger partial charge < -0.3 is 16.4 Å². The van der Waals surface area contributed by atoms with Gasteiger partial charge in [0.25, 0.3) is 0 Å². The van der Waals surface area contributed by atoms with Gasteiger partial charge in [-0.05, 0) is 24.3 Å². The van der Waals surface area contributed by atoms with Crippen molar-refractivity contribution in [2.75, 3.05) is 18.9 Å². The molecule has 0 aliphatic rings. The largest absolute Gasteiger partial charge is 0.381 e. The Morgan fingerprint density at radius 1 is 1.44 bits per heavy atom. The van der Waals surface area contributed by atoms with Gasteiger partial charge >= 0.3 is 0 Å². The van der Waals surface area contributed by atoms with Crippen molar-refractivity contribution in [3.05, 3.63) is 30.1 Å². The van der Waals surface area contributed by atoms with Crippen LogP contribution in [0.2, 0.25) is 0 Å². The van der Waals surface area contributed by atoms with Crippen molar-refractivity contribution >= 4 is 11.6 Å². The highest BCUT2D eigenvalue weighted by Crippen LogP contribution is 2.10. The second-order valence-electron chi connectivity index (χ2n) is 3.46. The molecule has 4 N–H and O–H groups in total. The molecule has 1 aromatic rings. The van der Waals surface area contributed by atoms with Crippen LogP contribution in [0.15, 0.2) is 24.3 Å². The maximum atomic E-state index is 12.7. The first-order chi connectivity index (χ1) is 7.65. The van der Waals surface area contributed by atoms with Gasteiger partial charge in [-0.15, -0.1) is 0 Å². The van der Waals surface area contributed by atoms with Crippen LogP contribution < -0.4 is 16.4 Å². The van der Waals surface area contributed by atoms with Crippen LogP contribution in [-0.2, 0) is 4.79 Å². The summed E-state index contributed by atoms with van der Waals surface area (Å²) < 4.78 is 12.7. The first kappa shape index (κ1) is 12.4. The Balaban J connectivity index is 2.56. The highest BCUT2D eigenvalue weighted by Gasteiger charge is 2.10. The Hall–Kier alpha value is -1.62. The predicted molar refractivity (Wildman–Crippen MR) is 61.5 cm³/mol. The number of hydrogen-bond donors (Lipinski definition) is 3. The fourth-order valence-electron chi connectivity index (χ4n) is 1.30. The standard InChI is InChI=1S/C11H16FN3O/c1-14-11(16)6-10(7-13)15-9-4-2-8(12)3-5-9/h2-5,10,15H,6-7,13H2,1H3,(H,14,16). The van der Waals surface area contributed by atoms with Crippen LogP contribution in [0.25, 0.3) is 0 Å². The maximum Gasteiger partial charge on any atom is 0.221 e. The fraction of sp³-hybridized carbons (Fsp3) is 0.364. The molecule has 5 heteroatoms. The van der Waals surface area contributed by atoms with Gasteiger partial charge in [-0.25, -0.2) is 4.39 Å². The lowest BCUT2D eigenvalue weighted by Crippen LogP contribution is -2.34. The Kier molecular flexibility index (Phi) is 4.72. The second kappa shape index (κ2) is 6.07. The molecular formula is C11H16FN3O. The van der Waals surface area contributed by atoms with Crippen LogP contribution in [0.3, 0.4) is 0 Å². The van der Waals surface area contributed by atoms with Gasteiger partial charge in [0.15, 0.2) is 0 Å². The average molecular weight is 225 g/mol. The molecule has 0 aromatic heterocycles. The number of amides is 1. The molecule has 0 bridgehead atoms. The summed E-state index contributed by atoms with van der Waals surface area (Å²) in [5.41, 5.74) is 6.29. The van der Waals surface area contributed by atoms with E-state index in [1.165, 1.54) is 12.1 Å². The van der Waals surface area contributed by atoms with E-state index >= 15 is 0 Å². The number of nitrogens with one attached hydrogen (secondary N) is 2. The van der Waals surface area contributed by atoms with E-state index < -0.39 is 0 Å². The van der Waals surface area contributed by atoms with E-state index in [-0.39, 0.29) is 17.8 Å². The monoisotopic (exact) mass is 225 g/mol. The fourth-order valence-corrected chi connectivity index (χ4v) is 1.30. The van der Waals surface area contributed by atoms with E-state index in [4.69, 9.17) is 5.73 Å². The lowest BCUT2D eigenvalue weighted by atomic mass is 10.2. The molecule has 0 aliphatic heterocycles. The van der Waals surface area contributed by atoms with Crippen LogP contribution in [0, 0.1) is 5.82 Å². The second-order valence-corrected chi connectivity index (χ2v) is 3.46. The minimum atomic E-state index is -0.291. The smallest absolute Gasteiger partial charge is 0.221 e. The quantitative estimate of drug-likeness (QED) is 0.691. The van der Waals surface area contributed by atoms with Crippen LogP contribution >= 0.6 is 0 Å². The van der Waals surface area contributed by atoms with Gasteiger partial charge in [-0.1, -0.05) is 0 Å². The van der Waals surface area contributed by atoms with Crippen LogP contribution in [0.5, 0.6) is 0 Å². The van der Waals surface area contributed by atoms with Gasteiger partial charge in [-0.3, -0.25) is 4.79 Å². The van der Waals surface area contributed by atoms with Crippen molar-refractivity contribution in [3.8, 4) is 0 Å². The summed E-state index contributed by atoms with van der Waals surface area (Å²) in [5.74, 6) is -0.369. The lowest BCUT2D eigenvalue weighted by molar-refractivity contribution is -0.120. The molecule has 1 amide bonds. The molecule has 1 rings (SSSR count). The predicted octanol–water partition coefficient (Wildman–Crippen LogP) is 0.701. The van der Waals surface area contributed by atoms with Gasteiger partial charge in [0, 0.05) is 31.7 Å². The third-order valence-electron chi connectivity index (χ3n) is 2.21. The van der Waals surface area contributed by atoms with Gasteiger partial charge in [0.05, 0.1) is 0 Å². The minimum absolute atomic E-state index is 0.0786. The summed E-state index contributed by atoms with van der Waals surface area (Å²) in [4.78, 5) is 11.2. The van der Waals surface area contributed by atoms with Crippen LogP contribution in [0.1, 0.15) is 6.42 Å². The zero-order valence-electron chi connectivity index (χ0n) is 9.16. The molecule has 0 saturated carbocycles. The summed E-state index contributed by atoms with van der Waals surface area (Å²) in [6, 6.07) is 5.79. The number of anilines is 1. The molecule has 0 fully saturated rings. The number of nitrogens with two attached hydrogens (primary N) is 1. The molecule has 16 heavy (non-hydrogen) atoms. The van der Waals surface area contributed by atoms with E-state index in [2.05, 4.69) is 10.6 Å². The van der Waals surface area contributed by atoms with Crippen molar-refractivity contribution in [3.63, 3.8) is 0 Å². The molecule has 0 aliphatic carbocycles. The van der Waals surface area contributed by atoms with Crippen molar-refractivity contribution in [2.24, 2.45) is 5.73 Å². The maximum absolute atomic E-state index is 12.7. The molecule has 1 aromatic carbocycles. The average Bonchev–Trinajstić information content (AvgIpc) is 2.30. The SMILES string of the molecule is CNC(=O)CC(CN)Nc1ccc(F)cc1. The highest BCUT2D eigenvalue weighted by molar-refractivity contribution is 5.76. The Morgan fingerprint density at radius 3 is 2.56 bits per heavy atom. The van der Waals surface area contributed by atoms with Crippen molar-refractivity contribution in [1.29, 1.82) is 0 Å². The first-order valence-electron chi connectivity index (χ1n) is 5.08. The molecular weight excluding hydrogens is 209 g/mol. The van der Waals surface area contributed by atoms with Crippen LogP contribution in [0.4, 0.5) is 10.1 Å². The number of benzene rings is 1. The normalized spacial score (nSPS) is 11.9. The summed E-state index contributed by atoms with van der Waals surface area (Å²) in [6.07, 6.45) is 0.296. The molecule has 0 saturated heterocycles. The Bertz CT molecular complexity index is 340. The lowest BCUT2D eigenvalue weighted by Gasteiger charge is -2.17. The van der Waals surface area contributed by atoms with Crippen LogP contribution in [-0.4, -0.2) is 25.5 Å². The molecule has 1 atom stereocenters. The Labute approximate surface area is 94.0 Å². The van der Waals surface area contributed by atoms with E-state index in [9.17, 15) is 9.18 Å². The third-order valence-corrected chi connectivity index (χ3v) is 2.21. The molecule has 88 valence electrons. The molecule has 0 radical (unpaired) electrons. The van der Waals surface area contributed by atoms with Gasteiger partial charge in [0.2, 0.25) is 5.91 Å². The zero-order valence-corrected chi connectivity index (χ0v) is 9.16. The minimum Gasteiger partial charge on any atom is -0.381 e. The number of carbonyl (C=O) groups excluding carboxylic acids is 1. The van der Waals surface area contributed by atoms with E-state index in [1.54, 1.807) is 19.2 Å². The van der Waals surface area contributed by atoms with Gasteiger partial charge in [-0.2, -0.15) is 0 Å². The van der Waals surface area contributed by atoms with E-state index in [0.29, 0.717) is 13.0 Å². The molecule has 0 spiro atoms. The molecule has 1 unspecified atom stereocenters. The highest BCUT2D eigenvalue weighted by atomic mass is 19.1. The van der Waals surface area contributed by atoms with E-state index in [0.717, 1.165) is 5.69 Å². The summed E-state index contributed by atoms with van der Waals surface area (Å²) >= 11 is 0. The first-order valence-corrected chi connectivity index (χ1v) is 5.08. The van der Waals surface area contributed by atoms with Crippen molar-refractivity contribution < 1.29 is 9.18 Å². The van der Waals surface area contributed by atoms with Gasteiger partial charge in [0.1, 0.15) is 5.82 Å². The van der Waals surface area contributed by atoms with Crippen molar-refractivity contribution in [1.82, 2.24) is 5.32 Å². The zero-order chi connectivity index (χ0) is 12.0. The number of carbonyl (C=O) groups is 1. The van der Waals surface area contributed by atoms with Crippen molar-refractivity contribution in [2.45, 2.75) is 12.5 Å². The Morgan fingerprint density at radius 2 is 2.06 bits per heavy atom. The summed E-state index contributed by atoms with van der Waals surface area (Å²) in [6.45, 7) is 0.338. The number of rotatable bonds is 5. The number of halogens is 1. The third kappa shape index (κ3) is 3.86.